The highest BCUT2D eigenvalue weighted by Gasteiger charge is 2.33. The summed E-state index contributed by atoms with van der Waals surface area (Å²) in [5.41, 5.74) is 3.01. The van der Waals surface area contributed by atoms with Gasteiger partial charge in [-0.25, -0.2) is 0 Å². The molecule has 18 heavy (non-hydrogen) atoms. The van der Waals surface area contributed by atoms with E-state index in [4.69, 9.17) is 0 Å². The maximum absolute atomic E-state index is 3.74. The molecule has 1 unspecified atom stereocenters. The first-order chi connectivity index (χ1) is 8.65. The Morgan fingerprint density at radius 1 is 1.39 bits per heavy atom. The first-order valence-corrected chi connectivity index (χ1v) is 7.18. The molecule has 2 nitrogen and oxygen atoms in total. The van der Waals surface area contributed by atoms with Crippen LogP contribution >= 0.6 is 0 Å². The van der Waals surface area contributed by atoms with Crippen molar-refractivity contribution in [3.05, 3.63) is 29.8 Å². The molecule has 1 aliphatic heterocycles. The minimum absolute atomic E-state index is 0.341. The lowest BCUT2D eigenvalue weighted by Crippen LogP contribution is -2.49. The third-order valence-corrected chi connectivity index (χ3v) is 4.04. The lowest BCUT2D eigenvalue weighted by molar-refractivity contribution is 0.349. The molecule has 2 heteroatoms. The zero-order valence-electron chi connectivity index (χ0n) is 12.0. The van der Waals surface area contributed by atoms with E-state index in [1.807, 2.05) is 0 Å². The predicted molar refractivity (Wildman–Crippen MR) is 79.3 cm³/mol. The van der Waals surface area contributed by atoms with Crippen molar-refractivity contribution in [3.63, 3.8) is 0 Å². The van der Waals surface area contributed by atoms with Crippen LogP contribution in [0.5, 0.6) is 0 Å². The highest BCUT2D eigenvalue weighted by Crippen LogP contribution is 2.27. The van der Waals surface area contributed by atoms with Crippen molar-refractivity contribution in [1.82, 2.24) is 5.32 Å². The molecule has 0 aromatic heterocycles. The van der Waals surface area contributed by atoms with Crippen molar-refractivity contribution >= 4 is 5.69 Å². The molecule has 1 aliphatic rings. The summed E-state index contributed by atoms with van der Waals surface area (Å²) in [6.45, 7) is 6.74. The number of hydrogen-bond donors (Lipinski definition) is 1. The summed E-state index contributed by atoms with van der Waals surface area (Å²) in [6, 6.07) is 8.79. The number of rotatable bonds is 5. The largest absolute Gasteiger partial charge is 0.373 e. The van der Waals surface area contributed by atoms with E-state index in [0.717, 1.165) is 6.54 Å². The van der Waals surface area contributed by atoms with Gasteiger partial charge >= 0.3 is 0 Å². The number of likely N-dealkylation sites (N-methyl/N-ethyl adjacent to an activating group) is 1. The molecule has 1 aromatic carbocycles. The number of nitrogens with one attached hydrogen (secondary N) is 1. The van der Waals surface area contributed by atoms with Gasteiger partial charge < -0.3 is 10.2 Å². The molecule has 0 spiro atoms. The van der Waals surface area contributed by atoms with Crippen LogP contribution in [0.25, 0.3) is 0 Å². The van der Waals surface area contributed by atoms with Crippen molar-refractivity contribution in [2.45, 2.75) is 45.1 Å². The van der Waals surface area contributed by atoms with Crippen LogP contribution in [0.3, 0.4) is 0 Å². The summed E-state index contributed by atoms with van der Waals surface area (Å²) >= 11 is 0. The Labute approximate surface area is 111 Å². The monoisotopic (exact) mass is 246 g/mol. The Hall–Kier alpha value is -1.02. The van der Waals surface area contributed by atoms with Crippen LogP contribution in [0.15, 0.2) is 24.3 Å². The highest BCUT2D eigenvalue weighted by molar-refractivity contribution is 5.48. The van der Waals surface area contributed by atoms with Gasteiger partial charge in [0, 0.05) is 24.8 Å². The van der Waals surface area contributed by atoms with Gasteiger partial charge in [-0.1, -0.05) is 25.5 Å². The predicted octanol–water partition coefficient (Wildman–Crippen LogP) is 3.35. The van der Waals surface area contributed by atoms with E-state index in [9.17, 15) is 0 Å². The van der Waals surface area contributed by atoms with Crippen LogP contribution in [0.1, 0.15) is 38.2 Å². The van der Waals surface area contributed by atoms with E-state index in [-0.39, 0.29) is 0 Å². The van der Waals surface area contributed by atoms with Crippen LogP contribution in [0.4, 0.5) is 5.69 Å². The number of hydrogen-bond acceptors (Lipinski definition) is 2. The van der Waals surface area contributed by atoms with Gasteiger partial charge in [-0.3, -0.25) is 0 Å². The molecule has 100 valence electrons. The van der Waals surface area contributed by atoms with Gasteiger partial charge in [-0.2, -0.15) is 0 Å². The number of benzene rings is 1. The fraction of sp³-hybridized carbons (Fsp3) is 0.625. The average molecular weight is 246 g/mol. The fourth-order valence-electron chi connectivity index (χ4n) is 3.19. The molecule has 2 rings (SSSR count). The first kappa shape index (κ1) is 13.4. The maximum Gasteiger partial charge on any atom is 0.0366 e. The summed E-state index contributed by atoms with van der Waals surface area (Å²) in [5, 5.41) is 3.74. The SMILES string of the molecule is CCCC1(CN(C)c2cccc(C)c2)CCCN1. The molecule has 0 amide bonds. The third kappa shape index (κ3) is 3.05. The highest BCUT2D eigenvalue weighted by atomic mass is 15.2. The molecule has 1 aromatic rings. The Bertz CT molecular complexity index is 380. The molecule has 0 saturated carbocycles. The van der Waals surface area contributed by atoms with Crippen molar-refractivity contribution in [2.75, 3.05) is 25.0 Å². The summed E-state index contributed by atoms with van der Waals surface area (Å²) < 4.78 is 0. The van der Waals surface area contributed by atoms with E-state index in [0.29, 0.717) is 5.54 Å². The fourth-order valence-corrected chi connectivity index (χ4v) is 3.19. The molecule has 1 fully saturated rings. The van der Waals surface area contributed by atoms with E-state index < -0.39 is 0 Å². The summed E-state index contributed by atoms with van der Waals surface area (Å²) in [6.07, 6.45) is 5.18. The first-order valence-electron chi connectivity index (χ1n) is 7.18. The average Bonchev–Trinajstić information content (AvgIpc) is 2.78. The lowest BCUT2D eigenvalue weighted by atomic mass is 9.91. The second kappa shape index (κ2) is 5.75. The Balaban J connectivity index is 2.07. The van der Waals surface area contributed by atoms with Gasteiger partial charge in [0.25, 0.3) is 0 Å². The minimum atomic E-state index is 0.341. The van der Waals surface area contributed by atoms with Crippen molar-refractivity contribution < 1.29 is 0 Å². The second-order valence-electron chi connectivity index (χ2n) is 5.76. The molecular formula is C16H26N2. The van der Waals surface area contributed by atoms with E-state index in [1.165, 1.54) is 43.5 Å². The summed E-state index contributed by atoms with van der Waals surface area (Å²) in [4.78, 5) is 2.40. The van der Waals surface area contributed by atoms with Gasteiger partial charge in [0.05, 0.1) is 0 Å². The van der Waals surface area contributed by atoms with E-state index in [1.54, 1.807) is 0 Å². The zero-order chi connectivity index (χ0) is 13.0. The lowest BCUT2D eigenvalue weighted by Gasteiger charge is -2.35. The Morgan fingerprint density at radius 2 is 2.22 bits per heavy atom. The van der Waals surface area contributed by atoms with E-state index >= 15 is 0 Å². The van der Waals surface area contributed by atoms with Crippen molar-refractivity contribution in [1.29, 1.82) is 0 Å². The molecule has 0 radical (unpaired) electrons. The van der Waals surface area contributed by atoms with Gasteiger partial charge in [0.1, 0.15) is 0 Å². The van der Waals surface area contributed by atoms with Gasteiger partial charge in [-0.05, 0) is 50.4 Å². The van der Waals surface area contributed by atoms with Gasteiger partial charge in [-0.15, -0.1) is 0 Å². The van der Waals surface area contributed by atoms with Crippen LogP contribution < -0.4 is 10.2 Å². The zero-order valence-corrected chi connectivity index (χ0v) is 12.0. The van der Waals surface area contributed by atoms with Crippen LogP contribution in [0, 0.1) is 6.92 Å². The van der Waals surface area contributed by atoms with Crippen molar-refractivity contribution in [2.24, 2.45) is 0 Å². The van der Waals surface area contributed by atoms with Crippen LogP contribution in [-0.2, 0) is 0 Å². The Morgan fingerprint density at radius 3 is 2.83 bits per heavy atom. The summed E-state index contributed by atoms with van der Waals surface area (Å²) in [5.74, 6) is 0. The van der Waals surface area contributed by atoms with Crippen molar-refractivity contribution in [3.8, 4) is 0 Å². The number of aryl methyl sites for hydroxylation is 1. The molecule has 1 atom stereocenters. The molecule has 0 aliphatic carbocycles. The number of anilines is 1. The van der Waals surface area contributed by atoms with Crippen LogP contribution in [-0.4, -0.2) is 25.7 Å². The van der Waals surface area contributed by atoms with Gasteiger partial charge in [0.2, 0.25) is 0 Å². The van der Waals surface area contributed by atoms with Gasteiger partial charge in [0.15, 0.2) is 0 Å². The normalized spacial score (nSPS) is 23.3. The maximum atomic E-state index is 3.74. The minimum Gasteiger partial charge on any atom is -0.373 e. The quantitative estimate of drug-likeness (QED) is 0.857. The third-order valence-electron chi connectivity index (χ3n) is 4.04. The van der Waals surface area contributed by atoms with Crippen LogP contribution in [0.2, 0.25) is 0 Å². The second-order valence-corrected chi connectivity index (χ2v) is 5.76. The Kier molecular flexibility index (Phi) is 4.28. The topological polar surface area (TPSA) is 15.3 Å². The summed E-state index contributed by atoms with van der Waals surface area (Å²) in [7, 11) is 2.21. The van der Waals surface area contributed by atoms with E-state index in [2.05, 4.69) is 55.4 Å². The molecular weight excluding hydrogens is 220 g/mol. The molecule has 1 N–H and O–H groups in total. The number of nitrogens with zero attached hydrogens (tertiary/aromatic N) is 1. The molecule has 0 bridgehead atoms. The smallest absolute Gasteiger partial charge is 0.0366 e. The molecule has 1 saturated heterocycles. The molecule has 1 heterocycles. The standard InChI is InChI=1S/C16H26N2/c1-4-9-16(10-6-11-17-16)13-18(3)15-8-5-7-14(2)12-15/h5,7-8,12,17H,4,6,9-11,13H2,1-3H3.